The van der Waals surface area contributed by atoms with Crippen molar-refractivity contribution in [3.63, 3.8) is 0 Å². The van der Waals surface area contributed by atoms with E-state index in [0.717, 1.165) is 48.9 Å². The van der Waals surface area contributed by atoms with E-state index in [9.17, 15) is 22.8 Å². The largest absolute Gasteiger partial charge is 0.458 e. The molecule has 4 aromatic rings. The Morgan fingerprint density at radius 1 is 1.02 bits per heavy atom. The quantitative estimate of drug-likeness (QED) is 0.260. The molecule has 2 aliphatic carbocycles. The van der Waals surface area contributed by atoms with Gasteiger partial charge in [0.15, 0.2) is 0 Å². The van der Waals surface area contributed by atoms with Crippen LogP contribution in [0.4, 0.5) is 13.2 Å². The highest BCUT2D eigenvalue weighted by molar-refractivity contribution is 6.01. The molecular formula is C32H30F3N3O3. The first-order valence-electron chi connectivity index (χ1n) is 13.8. The number of rotatable bonds is 7. The van der Waals surface area contributed by atoms with Gasteiger partial charge in [-0.3, -0.25) is 9.59 Å². The summed E-state index contributed by atoms with van der Waals surface area (Å²) in [6.45, 7) is 1.88. The highest BCUT2D eigenvalue weighted by atomic mass is 19.4. The molecule has 41 heavy (non-hydrogen) atoms. The lowest BCUT2D eigenvalue weighted by Gasteiger charge is -2.57. The Morgan fingerprint density at radius 3 is 2.41 bits per heavy atom. The molecule has 212 valence electrons. The van der Waals surface area contributed by atoms with Crippen molar-refractivity contribution in [3.05, 3.63) is 107 Å². The van der Waals surface area contributed by atoms with Gasteiger partial charge in [-0.15, -0.1) is 0 Å². The van der Waals surface area contributed by atoms with Gasteiger partial charge in [0.05, 0.1) is 28.8 Å². The van der Waals surface area contributed by atoms with Crippen LogP contribution in [-0.2, 0) is 22.1 Å². The Morgan fingerprint density at radius 2 is 1.73 bits per heavy atom. The van der Waals surface area contributed by atoms with E-state index in [1.54, 1.807) is 16.8 Å². The third-order valence-corrected chi connectivity index (χ3v) is 8.49. The summed E-state index contributed by atoms with van der Waals surface area (Å²) in [5, 5.41) is 7.44. The number of halogens is 3. The van der Waals surface area contributed by atoms with Crippen LogP contribution in [-0.4, -0.2) is 27.5 Å². The number of fused-ring (bicyclic) bond motifs is 1. The lowest BCUT2D eigenvalue weighted by molar-refractivity contribution is -0.167. The van der Waals surface area contributed by atoms with Crippen molar-refractivity contribution in [2.24, 2.45) is 11.3 Å². The molecule has 1 amide bonds. The molecule has 0 saturated heterocycles. The third-order valence-electron chi connectivity index (χ3n) is 8.49. The van der Waals surface area contributed by atoms with Gasteiger partial charge >= 0.3 is 12.1 Å². The topological polar surface area (TPSA) is 72.7 Å². The zero-order chi connectivity index (χ0) is 28.8. The number of alkyl halides is 3. The van der Waals surface area contributed by atoms with Crippen molar-refractivity contribution >= 4 is 17.4 Å². The van der Waals surface area contributed by atoms with Gasteiger partial charge in [0.1, 0.15) is 6.10 Å². The second-order valence-electron chi connectivity index (χ2n) is 11.4. The normalized spacial score (nSPS) is 22.5. The van der Waals surface area contributed by atoms with Gasteiger partial charge in [-0.05, 0) is 79.3 Å². The number of ether oxygens (including phenoxy) is 1. The first-order chi connectivity index (χ1) is 19.6. The number of carbonyl (C=O) groups excluding carboxylic acids is 2. The summed E-state index contributed by atoms with van der Waals surface area (Å²) in [5.74, 6) is -0.497. The first kappa shape index (κ1) is 27.1. The van der Waals surface area contributed by atoms with Crippen LogP contribution in [0.25, 0.3) is 5.52 Å². The molecule has 0 radical (unpaired) electrons. The summed E-state index contributed by atoms with van der Waals surface area (Å²) in [4.78, 5) is 25.9. The Kier molecular flexibility index (Phi) is 6.83. The maximum absolute atomic E-state index is 13.3. The van der Waals surface area contributed by atoms with Crippen LogP contribution in [0.1, 0.15) is 71.3 Å². The fourth-order valence-electron chi connectivity index (χ4n) is 6.35. The lowest BCUT2D eigenvalue weighted by atomic mass is 9.50. The fourth-order valence-corrected chi connectivity index (χ4v) is 6.35. The monoisotopic (exact) mass is 561 g/mol. The number of benzene rings is 2. The molecule has 0 bridgehead atoms. The van der Waals surface area contributed by atoms with E-state index in [4.69, 9.17) is 4.74 Å². The van der Waals surface area contributed by atoms with Crippen LogP contribution < -0.4 is 5.32 Å². The average molecular weight is 562 g/mol. The number of aromatic nitrogens is 2. The number of nitrogens with one attached hydrogen (secondary N) is 1. The number of nitrogens with zero attached hydrogens (tertiary/aromatic N) is 2. The number of amides is 1. The molecule has 9 heteroatoms. The molecule has 2 saturated carbocycles. The Labute approximate surface area is 235 Å². The number of carbonyl (C=O) groups is 2. The fraction of sp³-hybridized carbons (Fsp3) is 0.344. The molecule has 1 N–H and O–H groups in total. The smallest absolute Gasteiger partial charge is 0.416 e. The molecule has 2 fully saturated rings. The molecule has 2 aliphatic rings. The molecule has 0 aliphatic heterocycles. The van der Waals surface area contributed by atoms with E-state index >= 15 is 0 Å². The summed E-state index contributed by atoms with van der Waals surface area (Å²) < 4.78 is 46.2. The van der Waals surface area contributed by atoms with Crippen molar-refractivity contribution in [1.82, 2.24) is 14.9 Å². The first-order valence-corrected chi connectivity index (χ1v) is 13.8. The van der Waals surface area contributed by atoms with E-state index in [-0.39, 0.29) is 35.4 Å². The van der Waals surface area contributed by atoms with Crippen molar-refractivity contribution in [3.8, 4) is 0 Å². The highest BCUT2D eigenvalue weighted by Gasteiger charge is 2.55. The maximum Gasteiger partial charge on any atom is 0.416 e. The number of pyridine rings is 1. The summed E-state index contributed by atoms with van der Waals surface area (Å²) in [7, 11) is 0. The maximum atomic E-state index is 13.3. The van der Waals surface area contributed by atoms with E-state index in [2.05, 4.69) is 10.4 Å². The van der Waals surface area contributed by atoms with Gasteiger partial charge in [0, 0.05) is 12.2 Å². The minimum absolute atomic E-state index is 0.0136. The number of esters is 1. The standard InChI is InChI=1S/C32H30F3N3O3/c1-20(22-6-3-2-4-7-22)41-30(40)24-15-31(16-24)17-26(18-31)37-29(39)27-19-36-38-13-5-8-23(28(27)38)14-21-9-11-25(12-10-21)32(33,34)35/h2-13,19-20,24,26H,14-18H2,1H3,(H,37,39)/t20-,24?,26?,31?/m0/s1. The summed E-state index contributed by atoms with van der Waals surface area (Å²) >= 11 is 0. The van der Waals surface area contributed by atoms with Crippen LogP contribution in [0.15, 0.2) is 79.1 Å². The van der Waals surface area contributed by atoms with E-state index in [1.807, 2.05) is 43.3 Å². The molecule has 2 heterocycles. The second kappa shape index (κ2) is 10.4. The van der Waals surface area contributed by atoms with Crippen LogP contribution in [0, 0.1) is 11.3 Å². The van der Waals surface area contributed by atoms with E-state index < -0.39 is 11.7 Å². The van der Waals surface area contributed by atoms with Gasteiger partial charge < -0.3 is 10.1 Å². The summed E-state index contributed by atoms with van der Waals surface area (Å²) in [5.41, 5.74) is 2.92. The van der Waals surface area contributed by atoms with Gasteiger partial charge in [-0.2, -0.15) is 18.3 Å². The summed E-state index contributed by atoms with van der Waals surface area (Å²) in [6.07, 6.45) is 2.13. The third kappa shape index (κ3) is 5.45. The molecule has 6 rings (SSSR count). The number of hydrogen-bond donors (Lipinski definition) is 1. The average Bonchev–Trinajstić information content (AvgIpc) is 3.35. The van der Waals surface area contributed by atoms with Gasteiger partial charge in [-0.25, -0.2) is 4.52 Å². The molecule has 1 spiro atoms. The molecule has 2 aromatic carbocycles. The van der Waals surface area contributed by atoms with Crippen molar-refractivity contribution in [2.45, 2.75) is 57.3 Å². The predicted molar refractivity (Wildman–Crippen MR) is 146 cm³/mol. The second-order valence-corrected chi connectivity index (χ2v) is 11.4. The van der Waals surface area contributed by atoms with Crippen LogP contribution >= 0.6 is 0 Å². The molecule has 0 unspecified atom stereocenters. The molecule has 1 atom stereocenters. The van der Waals surface area contributed by atoms with Crippen LogP contribution in [0.5, 0.6) is 0 Å². The van der Waals surface area contributed by atoms with E-state index in [1.165, 1.54) is 18.3 Å². The Hall–Kier alpha value is -4.14. The SMILES string of the molecule is C[C@H](OC(=O)C1CC2(CC(NC(=O)c3cnn4cccc(Cc5ccc(C(F)(F)F)cc5)c34)C2)C1)c1ccccc1. The lowest BCUT2D eigenvalue weighted by Crippen LogP contribution is -2.57. The van der Waals surface area contributed by atoms with Gasteiger partial charge in [-0.1, -0.05) is 48.5 Å². The highest BCUT2D eigenvalue weighted by Crippen LogP contribution is 2.59. The minimum Gasteiger partial charge on any atom is -0.458 e. The van der Waals surface area contributed by atoms with Crippen molar-refractivity contribution in [2.75, 3.05) is 0 Å². The van der Waals surface area contributed by atoms with Crippen molar-refractivity contribution in [1.29, 1.82) is 0 Å². The Bertz CT molecular complexity index is 1570. The zero-order valence-corrected chi connectivity index (χ0v) is 22.5. The molecule has 6 nitrogen and oxygen atoms in total. The van der Waals surface area contributed by atoms with Gasteiger partial charge in [0.2, 0.25) is 0 Å². The zero-order valence-electron chi connectivity index (χ0n) is 22.5. The molecular weight excluding hydrogens is 531 g/mol. The van der Waals surface area contributed by atoms with E-state index in [0.29, 0.717) is 23.1 Å². The van der Waals surface area contributed by atoms with Crippen LogP contribution in [0.3, 0.4) is 0 Å². The summed E-state index contributed by atoms with van der Waals surface area (Å²) in [6, 6.07) is 18.4. The van der Waals surface area contributed by atoms with Crippen LogP contribution in [0.2, 0.25) is 0 Å². The van der Waals surface area contributed by atoms with Gasteiger partial charge in [0.25, 0.3) is 5.91 Å². The number of hydrogen-bond acceptors (Lipinski definition) is 4. The van der Waals surface area contributed by atoms with Crippen molar-refractivity contribution < 1.29 is 27.5 Å². The minimum atomic E-state index is -4.39. The molecule has 2 aromatic heterocycles. The predicted octanol–water partition coefficient (Wildman–Crippen LogP) is 6.54. The Balaban J connectivity index is 1.05.